The van der Waals surface area contributed by atoms with Crippen LogP contribution in [0.5, 0.6) is 5.75 Å². The molecule has 1 amide bonds. The summed E-state index contributed by atoms with van der Waals surface area (Å²) in [7, 11) is 0.885. The molecule has 2 rings (SSSR count). The van der Waals surface area contributed by atoms with Crippen LogP contribution in [0.15, 0.2) is 44.9 Å². The number of hydrogen-bond donors (Lipinski definition) is 1. The summed E-state index contributed by atoms with van der Waals surface area (Å²) in [6, 6.07) is 6.57. The molecule has 0 aliphatic heterocycles. The smallest absolute Gasteiger partial charge is 0.330 e. The van der Waals surface area contributed by atoms with Gasteiger partial charge in [-0.2, -0.15) is 4.31 Å². The van der Waals surface area contributed by atoms with Gasteiger partial charge in [-0.3, -0.25) is 14.2 Å². The highest BCUT2D eigenvalue weighted by Crippen LogP contribution is 2.17. The average molecular weight is 396 g/mol. The van der Waals surface area contributed by atoms with Crippen molar-refractivity contribution in [1.82, 2.24) is 13.4 Å². The van der Waals surface area contributed by atoms with Gasteiger partial charge in [0.25, 0.3) is 5.56 Å². The standard InChI is InChI=1S/C16H20N4O6S/c1-18-9-13(15(22)20(3)16(18)23)27(24,25)19(2)10-14(21)17-11-6-5-7-12(8-11)26-4/h5-9H,10H2,1-4H3,(H,17,21). The molecule has 0 atom stereocenters. The number of nitrogens with one attached hydrogen (secondary N) is 1. The van der Waals surface area contributed by atoms with Crippen LogP contribution in [0.3, 0.4) is 0 Å². The first-order valence-electron chi connectivity index (χ1n) is 7.75. The van der Waals surface area contributed by atoms with E-state index >= 15 is 0 Å². The van der Waals surface area contributed by atoms with Crippen molar-refractivity contribution in [3.8, 4) is 5.75 Å². The lowest BCUT2D eigenvalue weighted by Crippen LogP contribution is -2.43. The van der Waals surface area contributed by atoms with E-state index in [4.69, 9.17) is 4.74 Å². The van der Waals surface area contributed by atoms with Crippen molar-refractivity contribution >= 4 is 21.6 Å². The molecule has 0 bridgehead atoms. The lowest BCUT2D eigenvalue weighted by Gasteiger charge is -2.17. The van der Waals surface area contributed by atoms with Crippen molar-refractivity contribution in [3.63, 3.8) is 0 Å². The number of methoxy groups -OCH3 is 1. The molecule has 0 aliphatic rings. The van der Waals surface area contributed by atoms with Crippen molar-refractivity contribution in [1.29, 1.82) is 0 Å². The van der Waals surface area contributed by atoms with Crippen LogP contribution < -0.4 is 21.3 Å². The third kappa shape index (κ3) is 4.26. The molecular weight excluding hydrogens is 376 g/mol. The predicted octanol–water partition coefficient (Wildman–Crippen LogP) is -0.648. The number of aromatic nitrogens is 2. The number of ether oxygens (including phenoxy) is 1. The Kier molecular flexibility index (Phi) is 5.86. The Balaban J connectivity index is 2.24. The van der Waals surface area contributed by atoms with E-state index in [1.165, 1.54) is 28.3 Å². The molecule has 27 heavy (non-hydrogen) atoms. The second kappa shape index (κ2) is 7.76. The van der Waals surface area contributed by atoms with E-state index in [1.807, 2.05) is 0 Å². The number of anilines is 1. The highest BCUT2D eigenvalue weighted by Gasteiger charge is 2.27. The van der Waals surface area contributed by atoms with Gasteiger partial charge in [-0.05, 0) is 12.1 Å². The fourth-order valence-electron chi connectivity index (χ4n) is 2.31. The summed E-state index contributed by atoms with van der Waals surface area (Å²) >= 11 is 0. The minimum atomic E-state index is -4.28. The molecule has 0 saturated heterocycles. The molecule has 1 N–H and O–H groups in total. The lowest BCUT2D eigenvalue weighted by molar-refractivity contribution is -0.116. The molecule has 0 aliphatic carbocycles. The van der Waals surface area contributed by atoms with Gasteiger partial charge in [-0.1, -0.05) is 6.07 Å². The second-order valence-corrected chi connectivity index (χ2v) is 7.81. The van der Waals surface area contributed by atoms with Gasteiger partial charge in [-0.25, -0.2) is 13.2 Å². The first kappa shape index (κ1) is 20.4. The Morgan fingerprint density at radius 3 is 2.56 bits per heavy atom. The summed E-state index contributed by atoms with van der Waals surface area (Å²) in [5.74, 6) is -0.0709. The van der Waals surface area contributed by atoms with Crippen LogP contribution in [-0.4, -0.2) is 48.5 Å². The zero-order valence-electron chi connectivity index (χ0n) is 15.3. The number of hydrogen-bond acceptors (Lipinski definition) is 6. The van der Waals surface area contributed by atoms with Crippen LogP contribution in [-0.2, 0) is 28.9 Å². The van der Waals surface area contributed by atoms with Crippen LogP contribution in [0.2, 0.25) is 0 Å². The van der Waals surface area contributed by atoms with E-state index in [1.54, 1.807) is 24.3 Å². The number of rotatable bonds is 6. The van der Waals surface area contributed by atoms with Crippen LogP contribution >= 0.6 is 0 Å². The van der Waals surface area contributed by atoms with Crippen molar-refractivity contribution < 1.29 is 17.9 Å². The minimum absolute atomic E-state index is 0.433. The van der Waals surface area contributed by atoms with Gasteiger partial charge in [0.1, 0.15) is 5.75 Å². The third-order valence-electron chi connectivity index (χ3n) is 3.82. The fourth-order valence-corrected chi connectivity index (χ4v) is 3.58. The number of nitrogens with zero attached hydrogens (tertiary/aromatic N) is 3. The van der Waals surface area contributed by atoms with Crippen molar-refractivity contribution in [3.05, 3.63) is 51.3 Å². The van der Waals surface area contributed by atoms with E-state index in [-0.39, 0.29) is 0 Å². The topological polar surface area (TPSA) is 120 Å². The van der Waals surface area contributed by atoms with E-state index < -0.39 is 38.6 Å². The Morgan fingerprint density at radius 1 is 1.26 bits per heavy atom. The van der Waals surface area contributed by atoms with Crippen LogP contribution in [0, 0.1) is 0 Å². The van der Waals surface area contributed by atoms with E-state index in [0.717, 1.165) is 15.1 Å². The zero-order chi connectivity index (χ0) is 20.4. The summed E-state index contributed by atoms with van der Waals surface area (Å²) in [4.78, 5) is 35.5. The number of benzene rings is 1. The highest BCUT2D eigenvalue weighted by atomic mass is 32.2. The number of carbonyl (C=O) groups is 1. The normalized spacial score (nSPS) is 11.4. The number of likely N-dealkylation sites (N-methyl/N-ethyl adjacent to an activating group) is 1. The van der Waals surface area contributed by atoms with Crippen LogP contribution in [0.4, 0.5) is 5.69 Å². The highest BCUT2D eigenvalue weighted by molar-refractivity contribution is 7.89. The van der Waals surface area contributed by atoms with E-state index in [9.17, 15) is 22.8 Å². The zero-order valence-corrected chi connectivity index (χ0v) is 16.1. The molecule has 146 valence electrons. The van der Waals surface area contributed by atoms with Gasteiger partial charge in [0, 0.05) is 39.1 Å². The van der Waals surface area contributed by atoms with Gasteiger partial charge in [0.05, 0.1) is 13.7 Å². The molecule has 1 aromatic carbocycles. The monoisotopic (exact) mass is 396 g/mol. The maximum atomic E-state index is 12.7. The van der Waals surface area contributed by atoms with Crippen molar-refractivity contribution in [2.75, 3.05) is 26.0 Å². The minimum Gasteiger partial charge on any atom is -0.497 e. The van der Waals surface area contributed by atoms with E-state index in [0.29, 0.717) is 16.0 Å². The number of sulfonamides is 1. The maximum Gasteiger partial charge on any atom is 0.330 e. The summed E-state index contributed by atoms with van der Waals surface area (Å²) in [6.45, 7) is -0.522. The predicted molar refractivity (Wildman–Crippen MR) is 98.4 cm³/mol. The van der Waals surface area contributed by atoms with Gasteiger partial charge in [0.2, 0.25) is 15.9 Å². The molecule has 0 spiro atoms. The van der Waals surface area contributed by atoms with Crippen LogP contribution in [0.25, 0.3) is 0 Å². The average Bonchev–Trinajstić information content (AvgIpc) is 2.62. The van der Waals surface area contributed by atoms with Crippen LogP contribution in [0.1, 0.15) is 0 Å². The summed E-state index contributed by atoms with van der Waals surface area (Å²) in [5.41, 5.74) is -1.18. The molecule has 1 aromatic heterocycles. The van der Waals surface area contributed by atoms with Crippen molar-refractivity contribution in [2.45, 2.75) is 4.90 Å². The Morgan fingerprint density at radius 2 is 1.93 bits per heavy atom. The Bertz CT molecular complexity index is 1090. The summed E-state index contributed by atoms with van der Waals surface area (Å²) in [6.07, 6.45) is 0.941. The number of amides is 1. The van der Waals surface area contributed by atoms with Gasteiger partial charge < -0.3 is 14.6 Å². The quantitative estimate of drug-likeness (QED) is 0.693. The second-order valence-electron chi connectivity index (χ2n) is 5.79. The van der Waals surface area contributed by atoms with Gasteiger partial charge >= 0.3 is 5.69 Å². The first-order valence-corrected chi connectivity index (χ1v) is 9.19. The molecule has 1 heterocycles. The molecule has 0 unspecified atom stereocenters. The Labute approximate surface area is 155 Å². The SMILES string of the molecule is COc1cccc(NC(=O)CN(C)S(=O)(=O)c2cn(C)c(=O)n(C)c2=O)c1. The summed E-state index contributed by atoms with van der Waals surface area (Å²) < 4.78 is 32.8. The number of aryl methyl sites for hydroxylation is 1. The molecular formula is C16H20N4O6S. The number of carbonyl (C=O) groups excluding carboxylic acids is 1. The van der Waals surface area contributed by atoms with Gasteiger partial charge in [0.15, 0.2) is 4.90 Å². The van der Waals surface area contributed by atoms with Gasteiger partial charge in [-0.15, -0.1) is 0 Å². The Hall–Kier alpha value is -2.92. The van der Waals surface area contributed by atoms with Crippen molar-refractivity contribution in [2.24, 2.45) is 14.1 Å². The largest absolute Gasteiger partial charge is 0.497 e. The first-order chi connectivity index (χ1) is 12.6. The maximum absolute atomic E-state index is 12.7. The summed E-state index contributed by atoms with van der Waals surface area (Å²) in [5, 5.41) is 2.55. The molecule has 0 saturated carbocycles. The van der Waals surface area contributed by atoms with E-state index in [2.05, 4.69) is 5.32 Å². The molecule has 0 fully saturated rings. The molecule has 10 nitrogen and oxygen atoms in total. The molecule has 2 aromatic rings. The lowest BCUT2D eigenvalue weighted by atomic mass is 10.3. The molecule has 0 radical (unpaired) electrons. The fraction of sp³-hybridized carbons (Fsp3) is 0.312. The third-order valence-corrected chi connectivity index (χ3v) is 5.61. The molecule has 11 heteroatoms.